The second-order valence-corrected chi connectivity index (χ2v) is 5.71. The molecule has 18 heavy (non-hydrogen) atoms. The molecule has 0 atom stereocenters. The molecule has 1 heterocycles. The van der Waals surface area contributed by atoms with Crippen molar-refractivity contribution in [2.45, 2.75) is 19.4 Å². The number of amides is 1. The Labute approximate surface area is 116 Å². The van der Waals surface area contributed by atoms with Gasteiger partial charge < -0.3 is 15.3 Å². The first-order valence-electron chi connectivity index (χ1n) is 5.15. The number of carbonyl (C=O) groups excluding carboxylic acids is 1. The van der Waals surface area contributed by atoms with Gasteiger partial charge in [-0.3, -0.25) is 4.79 Å². The van der Waals surface area contributed by atoms with Crippen molar-refractivity contribution < 1.29 is 9.18 Å². The lowest BCUT2D eigenvalue weighted by molar-refractivity contribution is -0.124. The SMILES string of the molecule is CC(C)(C(N)=O)n1c(=S)[nH]c2cc(Br)c(F)cc21. The number of hydrogen-bond acceptors (Lipinski definition) is 2. The van der Waals surface area contributed by atoms with E-state index in [-0.39, 0.29) is 0 Å². The van der Waals surface area contributed by atoms with Crippen LogP contribution in [0, 0.1) is 10.6 Å². The van der Waals surface area contributed by atoms with Crippen molar-refractivity contribution in [1.82, 2.24) is 9.55 Å². The van der Waals surface area contributed by atoms with Crippen LogP contribution in [0.25, 0.3) is 11.0 Å². The number of aromatic amines is 1. The Bertz CT molecular complexity index is 704. The molecule has 1 amide bonds. The van der Waals surface area contributed by atoms with E-state index in [4.69, 9.17) is 18.0 Å². The molecular formula is C11H11BrFN3OS. The van der Waals surface area contributed by atoms with Crippen molar-refractivity contribution in [3.8, 4) is 0 Å². The molecule has 0 aliphatic carbocycles. The van der Waals surface area contributed by atoms with Gasteiger partial charge in [-0.1, -0.05) is 0 Å². The number of fused-ring (bicyclic) bond motifs is 1. The monoisotopic (exact) mass is 331 g/mol. The molecule has 0 aliphatic rings. The third-order valence-electron chi connectivity index (χ3n) is 2.89. The Balaban J connectivity index is 2.88. The summed E-state index contributed by atoms with van der Waals surface area (Å²) in [7, 11) is 0. The minimum atomic E-state index is -1.03. The van der Waals surface area contributed by atoms with Crippen molar-refractivity contribution >= 4 is 45.1 Å². The molecule has 1 aromatic heterocycles. The molecule has 2 aromatic rings. The Morgan fingerprint density at radius 2 is 2.17 bits per heavy atom. The molecule has 0 unspecified atom stereocenters. The number of nitrogens with zero attached hydrogens (tertiary/aromatic N) is 1. The number of primary amides is 1. The van der Waals surface area contributed by atoms with Crippen LogP contribution in [0.5, 0.6) is 0 Å². The van der Waals surface area contributed by atoms with Crippen LogP contribution in [0.1, 0.15) is 13.8 Å². The van der Waals surface area contributed by atoms with Crippen molar-refractivity contribution in [2.24, 2.45) is 5.73 Å². The van der Waals surface area contributed by atoms with Gasteiger partial charge in [0.1, 0.15) is 11.4 Å². The molecule has 0 bridgehead atoms. The fourth-order valence-electron chi connectivity index (χ4n) is 1.77. The second kappa shape index (κ2) is 4.17. The van der Waals surface area contributed by atoms with Gasteiger partial charge in [0, 0.05) is 6.07 Å². The summed E-state index contributed by atoms with van der Waals surface area (Å²) < 4.78 is 15.8. The minimum absolute atomic E-state index is 0.325. The standard InChI is InChI=1S/C11H11BrFN3OS/c1-11(2,9(14)17)16-8-4-6(13)5(12)3-7(8)15-10(16)18/h3-4H,1-2H3,(H2,14,17)(H,15,18). The zero-order chi connectivity index (χ0) is 13.7. The van der Waals surface area contributed by atoms with E-state index in [0.717, 1.165) is 0 Å². The van der Waals surface area contributed by atoms with Crippen LogP contribution in [-0.2, 0) is 10.3 Å². The van der Waals surface area contributed by atoms with Crippen LogP contribution in [0.15, 0.2) is 16.6 Å². The van der Waals surface area contributed by atoms with Gasteiger partial charge in [0.25, 0.3) is 0 Å². The fourth-order valence-corrected chi connectivity index (χ4v) is 2.55. The van der Waals surface area contributed by atoms with Gasteiger partial charge in [-0.05, 0) is 48.1 Å². The van der Waals surface area contributed by atoms with E-state index in [2.05, 4.69) is 20.9 Å². The Morgan fingerprint density at radius 3 is 2.72 bits per heavy atom. The van der Waals surface area contributed by atoms with Crippen LogP contribution in [-0.4, -0.2) is 15.5 Å². The summed E-state index contributed by atoms with van der Waals surface area (Å²) in [5.74, 6) is -0.964. The van der Waals surface area contributed by atoms with Gasteiger partial charge in [0.05, 0.1) is 15.5 Å². The third kappa shape index (κ3) is 1.87. The maximum atomic E-state index is 13.6. The molecule has 0 radical (unpaired) electrons. The number of rotatable bonds is 2. The highest BCUT2D eigenvalue weighted by atomic mass is 79.9. The number of halogens is 2. The second-order valence-electron chi connectivity index (χ2n) is 4.47. The normalized spacial score (nSPS) is 12.0. The largest absolute Gasteiger partial charge is 0.368 e. The van der Waals surface area contributed by atoms with Crippen molar-refractivity contribution in [3.63, 3.8) is 0 Å². The molecule has 96 valence electrons. The maximum Gasteiger partial charge on any atom is 0.243 e. The minimum Gasteiger partial charge on any atom is -0.368 e. The molecule has 0 spiro atoms. The van der Waals surface area contributed by atoms with E-state index in [1.165, 1.54) is 10.6 Å². The van der Waals surface area contributed by atoms with E-state index >= 15 is 0 Å². The highest BCUT2D eigenvalue weighted by Gasteiger charge is 2.30. The van der Waals surface area contributed by atoms with Gasteiger partial charge in [-0.25, -0.2) is 4.39 Å². The molecule has 0 saturated heterocycles. The van der Waals surface area contributed by atoms with Gasteiger partial charge >= 0.3 is 0 Å². The molecule has 0 aliphatic heterocycles. The van der Waals surface area contributed by atoms with E-state index in [0.29, 0.717) is 20.3 Å². The molecule has 1 aromatic carbocycles. The first-order chi connectivity index (χ1) is 8.25. The molecule has 0 saturated carbocycles. The zero-order valence-electron chi connectivity index (χ0n) is 9.75. The average molecular weight is 332 g/mol. The molecule has 0 fully saturated rings. The number of benzene rings is 1. The van der Waals surface area contributed by atoms with Crippen molar-refractivity contribution in [1.29, 1.82) is 0 Å². The lowest BCUT2D eigenvalue weighted by Crippen LogP contribution is -2.41. The lowest BCUT2D eigenvalue weighted by atomic mass is 10.0. The zero-order valence-corrected chi connectivity index (χ0v) is 12.2. The summed E-state index contributed by atoms with van der Waals surface area (Å²) in [5, 5.41) is 0. The highest BCUT2D eigenvalue weighted by Crippen LogP contribution is 2.27. The van der Waals surface area contributed by atoms with Gasteiger partial charge in [-0.2, -0.15) is 0 Å². The summed E-state index contributed by atoms with van der Waals surface area (Å²) >= 11 is 8.27. The van der Waals surface area contributed by atoms with E-state index in [1.54, 1.807) is 19.9 Å². The smallest absolute Gasteiger partial charge is 0.243 e. The summed E-state index contributed by atoms with van der Waals surface area (Å²) in [5.41, 5.74) is 5.48. The van der Waals surface area contributed by atoms with E-state index in [1.807, 2.05) is 0 Å². The van der Waals surface area contributed by atoms with Crippen LogP contribution in [0.2, 0.25) is 0 Å². The van der Waals surface area contributed by atoms with E-state index in [9.17, 15) is 9.18 Å². The van der Waals surface area contributed by atoms with Crippen LogP contribution in [0.4, 0.5) is 4.39 Å². The molecule has 7 heteroatoms. The Kier molecular flexibility index (Phi) is 3.06. The van der Waals surface area contributed by atoms with Gasteiger partial charge in [0.2, 0.25) is 5.91 Å². The highest BCUT2D eigenvalue weighted by molar-refractivity contribution is 9.10. The predicted molar refractivity (Wildman–Crippen MR) is 73.3 cm³/mol. The lowest BCUT2D eigenvalue weighted by Gasteiger charge is -2.23. The topological polar surface area (TPSA) is 63.8 Å². The summed E-state index contributed by atoms with van der Waals surface area (Å²) in [4.78, 5) is 14.4. The number of aromatic nitrogens is 2. The van der Waals surface area contributed by atoms with E-state index < -0.39 is 17.3 Å². The number of carbonyl (C=O) groups is 1. The molecule has 2 rings (SSSR count). The van der Waals surface area contributed by atoms with Gasteiger partial charge in [-0.15, -0.1) is 0 Å². The maximum absolute atomic E-state index is 13.6. The van der Waals surface area contributed by atoms with Crippen molar-refractivity contribution in [2.75, 3.05) is 0 Å². The molecule has 4 nitrogen and oxygen atoms in total. The Hall–Kier alpha value is -1.21. The number of H-pyrrole nitrogens is 1. The van der Waals surface area contributed by atoms with Crippen LogP contribution in [0.3, 0.4) is 0 Å². The summed E-state index contributed by atoms with van der Waals surface area (Å²) in [6.45, 7) is 3.27. The summed E-state index contributed by atoms with van der Waals surface area (Å²) in [6, 6.07) is 2.89. The number of imidazole rings is 1. The number of nitrogens with one attached hydrogen (secondary N) is 1. The van der Waals surface area contributed by atoms with Crippen molar-refractivity contribution in [3.05, 3.63) is 27.2 Å². The summed E-state index contributed by atoms with van der Waals surface area (Å²) in [6.07, 6.45) is 0. The predicted octanol–water partition coefficient (Wildman–Crippen LogP) is 2.82. The van der Waals surface area contributed by atoms with Crippen LogP contribution >= 0.6 is 28.1 Å². The molecule has 3 N–H and O–H groups in total. The fraction of sp³-hybridized carbons (Fsp3) is 0.273. The number of hydrogen-bond donors (Lipinski definition) is 2. The first kappa shape index (κ1) is 13.2. The van der Waals surface area contributed by atoms with Crippen LogP contribution < -0.4 is 5.73 Å². The van der Waals surface area contributed by atoms with Gasteiger partial charge in [0.15, 0.2) is 4.77 Å². The first-order valence-corrected chi connectivity index (χ1v) is 6.35. The average Bonchev–Trinajstić information content (AvgIpc) is 2.54. The Morgan fingerprint density at radius 1 is 1.56 bits per heavy atom. The number of nitrogens with two attached hydrogens (primary N) is 1. The third-order valence-corrected chi connectivity index (χ3v) is 3.78. The molecular weight excluding hydrogens is 321 g/mol. The quantitative estimate of drug-likeness (QED) is 0.831.